The normalized spacial score (nSPS) is 12.3. The fourth-order valence-corrected chi connectivity index (χ4v) is 1.80. The van der Waals surface area contributed by atoms with Crippen LogP contribution in [0.25, 0.3) is 10.6 Å². The first-order chi connectivity index (χ1) is 8.41. The summed E-state index contributed by atoms with van der Waals surface area (Å²) in [6.07, 6.45) is 2.25. The third-order valence-corrected chi connectivity index (χ3v) is 4.03. The maximum absolute atomic E-state index is 10.7. The van der Waals surface area contributed by atoms with Gasteiger partial charge in [-0.3, -0.25) is 0 Å². The van der Waals surface area contributed by atoms with E-state index in [-0.39, 0.29) is 4.48 Å². The number of halogens is 2. The largest absolute Gasteiger partial charge is 0.545 e. The van der Waals surface area contributed by atoms with Crippen LogP contribution in [-0.2, 0) is 9.59 Å². The summed E-state index contributed by atoms with van der Waals surface area (Å²) in [7, 11) is 0. The van der Waals surface area contributed by atoms with Crippen molar-refractivity contribution < 1.29 is 19.8 Å². The first-order valence-electron chi connectivity index (χ1n) is 4.68. The molecule has 0 aliphatic rings. The van der Waals surface area contributed by atoms with Gasteiger partial charge in [0.05, 0.1) is 16.4 Å². The molecule has 0 aliphatic heterocycles. The van der Waals surface area contributed by atoms with Gasteiger partial charge in [0.1, 0.15) is 0 Å². The Morgan fingerprint density at radius 2 is 1.83 bits per heavy atom. The lowest BCUT2D eigenvalue weighted by atomic mass is 10.1. The van der Waals surface area contributed by atoms with Crippen LogP contribution in [0.4, 0.5) is 0 Å². The highest BCUT2D eigenvalue weighted by atomic mass is 79.9. The molecule has 18 heavy (non-hydrogen) atoms. The Hall–Kier alpha value is -1.40. The van der Waals surface area contributed by atoms with Crippen LogP contribution in [0.15, 0.2) is 34.8 Å². The molecule has 1 rings (SSSR count). The fraction of sp³-hybridized carbons (Fsp3) is 0. The number of rotatable bonds is 4. The number of benzene rings is 1. The Balaban J connectivity index is 3.13. The molecule has 0 N–H and O–H groups in total. The van der Waals surface area contributed by atoms with E-state index >= 15 is 0 Å². The van der Waals surface area contributed by atoms with Crippen molar-refractivity contribution in [1.82, 2.24) is 0 Å². The van der Waals surface area contributed by atoms with Gasteiger partial charge in [-0.1, -0.05) is 24.3 Å². The van der Waals surface area contributed by atoms with E-state index in [1.807, 2.05) is 0 Å². The molecule has 0 heterocycles. The van der Waals surface area contributed by atoms with Gasteiger partial charge >= 0.3 is 0 Å². The number of carboxylic acid groups (broad SMARTS) is 2. The van der Waals surface area contributed by atoms with Gasteiger partial charge in [0.2, 0.25) is 0 Å². The van der Waals surface area contributed by atoms with Gasteiger partial charge in [-0.05, 0) is 55.1 Å². The maximum Gasteiger partial charge on any atom is 0.0796 e. The summed E-state index contributed by atoms with van der Waals surface area (Å²) in [6, 6.07) is 6.63. The molecule has 6 heteroatoms. The van der Waals surface area contributed by atoms with Crippen molar-refractivity contribution >= 4 is 54.4 Å². The number of hydrogen-bond acceptors (Lipinski definition) is 4. The van der Waals surface area contributed by atoms with Gasteiger partial charge in [0.15, 0.2) is 0 Å². The van der Waals surface area contributed by atoms with Gasteiger partial charge in [-0.25, -0.2) is 0 Å². The summed E-state index contributed by atoms with van der Waals surface area (Å²) in [5, 5.41) is 20.9. The van der Waals surface area contributed by atoms with Crippen LogP contribution < -0.4 is 10.2 Å². The van der Waals surface area contributed by atoms with Crippen molar-refractivity contribution in [3.05, 3.63) is 46.0 Å². The first kappa shape index (κ1) is 14.7. The molecule has 0 aliphatic carbocycles. The molecule has 1 aromatic carbocycles. The smallest absolute Gasteiger partial charge is 0.0796 e. The lowest BCUT2D eigenvalue weighted by Crippen LogP contribution is -2.22. The molecule has 4 nitrogen and oxygen atoms in total. The molecule has 0 saturated heterocycles. The van der Waals surface area contributed by atoms with E-state index in [2.05, 4.69) is 31.9 Å². The van der Waals surface area contributed by atoms with E-state index in [9.17, 15) is 19.8 Å². The summed E-state index contributed by atoms with van der Waals surface area (Å²) < 4.78 is 0.190. The van der Waals surface area contributed by atoms with E-state index in [1.54, 1.807) is 24.3 Å². The molecule has 0 aromatic heterocycles. The van der Waals surface area contributed by atoms with Gasteiger partial charge in [-0.2, -0.15) is 0 Å². The first-order valence-corrected chi connectivity index (χ1v) is 6.26. The summed E-state index contributed by atoms with van der Waals surface area (Å²) in [5.41, 5.74) is 1.18. The molecule has 0 fully saturated rings. The van der Waals surface area contributed by atoms with E-state index in [1.165, 1.54) is 6.08 Å². The molecule has 0 unspecified atom stereocenters. The predicted octanol–water partition coefficient (Wildman–Crippen LogP) is 0.658. The van der Waals surface area contributed by atoms with Crippen LogP contribution in [0.1, 0.15) is 11.1 Å². The Labute approximate surface area is 120 Å². The van der Waals surface area contributed by atoms with Gasteiger partial charge in [0.25, 0.3) is 0 Å². The van der Waals surface area contributed by atoms with E-state index in [0.717, 1.165) is 6.08 Å². The summed E-state index contributed by atoms with van der Waals surface area (Å²) >= 11 is 6.00. The predicted molar refractivity (Wildman–Crippen MR) is 70.3 cm³/mol. The van der Waals surface area contributed by atoms with Gasteiger partial charge in [0, 0.05) is 4.48 Å². The standard InChI is InChI=1S/C12H8Br2O4/c13-10(11(14)12(17)18)8-3-1-2-7(6-8)4-5-9(15)16/h1-6H,(H,15,16)(H,17,18)/p-2/b5-4+,11-10+. The number of carbonyl (C=O) groups is 2. The monoisotopic (exact) mass is 372 g/mol. The van der Waals surface area contributed by atoms with E-state index in [4.69, 9.17) is 0 Å². The lowest BCUT2D eigenvalue weighted by molar-refractivity contribution is -0.299. The minimum atomic E-state index is -1.35. The summed E-state index contributed by atoms with van der Waals surface area (Å²) in [5.74, 6) is -2.65. The fourth-order valence-electron chi connectivity index (χ4n) is 1.16. The number of carbonyl (C=O) groups excluding carboxylic acids is 2. The van der Waals surface area contributed by atoms with Gasteiger partial charge in [-0.15, -0.1) is 0 Å². The van der Waals surface area contributed by atoms with E-state index in [0.29, 0.717) is 15.6 Å². The molecule has 94 valence electrons. The molecular weight excluding hydrogens is 368 g/mol. The van der Waals surface area contributed by atoms with Crippen molar-refractivity contribution in [3.8, 4) is 0 Å². The molecule has 0 spiro atoms. The van der Waals surface area contributed by atoms with Crippen LogP contribution in [0.5, 0.6) is 0 Å². The lowest BCUT2D eigenvalue weighted by Gasteiger charge is -2.06. The van der Waals surface area contributed by atoms with Crippen molar-refractivity contribution in [2.75, 3.05) is 0 Å². The highest BCUT2D eigenvalue weighted by Gasteiger charge is 2.05. The van der Waals surface area contributed by atoms with Gasteiger partial charge < -0.3 is 19.8 Å². The average Bonchev–Trinajstić information content (AvgIpc) is 2.34. The Morgan fingerprint density at radius 3 is 2.39 bits per heavy atom. The summed E-state index contributed by atoms with van der Waals surface area (Å²) in [6.45, 7) is 0. The molecule has 1 aromatic rings. The van der Waals surface area contributed by atoms with Crippen molar-refractivity contribution in [1.29, 1.82) is 0 Å². The van der Waals surface area contributed by atoms with Crippen LogP contribution in [0.2, 0.25) is 0 Å². The highest BCUT2D eigenvalue weighted by Crippen LogP contribution is 2.28. The Morgan fingerprint density at radius 1 is 1.17 bits per heavy atom. The third kappa shape index (κ3) is 4.12. The quantitative estimate of drug-likeness (QED) is 0.726. The molecule has 0 bridgehead atoms. The molecule has 0 radical (unpaired) electrons. The maximum atomic E-state index is 10.7. The van der Waals surface area contributed by atoms with Crippen molar-refractivity contribution in [3.63, 3.8) is 0 Å². The average molecular weight is 374 g/mol. The topological polar surface area (TPSA) is 80.3 Å². The minimum Gasteiger partial charge on any atom is -0.545 e. The van der Waals surface area contributed by atoms with Crippen LogP contribution >= 0.6 is 31.9 Å². The molecular formula is C12H6Br2O4-2. The van der Waals surface area contributed by atoms with Crippen LogP contribution in [0, 0.1) is 0 Å². The van der Waals surface area contributed by atoms with Crippen molar-refractivity contribution in [2.24, 2.45) is 0 Å². The third-order valence-electron chi connectivity index (χ3n) is 1.92. The molecule has 0 atom stereocenters. The number of hydrogen-bond donors (Lipinski definition) is 0. The zero-order valence-electron chi connectivity index (χ0n) is 8.85. The van der Waals surface area contributed by atoms with E-state index < -0.39 is 11.9 Å². The second-order valence-corrected chi connectivity index (χ2v) is 4.78. The Kier molecular flexibility index (Phi) is 5.30. The number of carboxylic acids is 2. The highest BCUT2D eigenvalue weighted by molar-refractivity contribution is 9.16. The zero-order valence-corrected chi connectivity index (χ0v) is 12.0. The molecule has 0 saturated carbocycles. The second-order valence-electron chi connectivity index (χ2n) is 3.19. The number of aliphatic carboxylic acids is 2. The molecule has 0 amide bonds. The van der Waals surface area contributed by atoms with Crippen molar-refractivity contribution in [2.45, 2.75) is 0 Å². The SMILES string of the molecule is O=C([O-])/C=C/c1cccc(/C(Br)=C(\Br)C(=O)[O-])c1. The van der Waals surface area contributed by atoms with Crippen LogP contribution in [0.3, 0.4) is 0 Å². The van der Waals surface area contributed by atoms with Crippen LogP contribution in [-0.4, -0.2) is 11.9 Å². The minimum absolute atomic E-state index is 0.122. The second kappa shape index (κ2) is 6.51. The summed E-state index contributed by atoms with van der Waals surface area (Å²) in [4.78, 5) is 20.9. The Bertz CT molecular complexity index is 547. The zero-order chi connectivity index (χ0) is 13.7.